The minimum absolute atomic E-state index is 0.210. The monoisotopic (exact) mass is 319 g/mol. The number of carbonyl (C=O) groups is 1. The van der Waals surface area contributed by atoms with Crippen molar-refractivity contribution in [3.8, 4) is 0 Å². The van der Waals surface area contributed by atoms with Gasteiger partial charge in [-0.1, -0.05) is 20.3 Å². The molecule has 2 fully saturated rings. The minimum atomic E-state index is 0.210. The number of hydrogen-bond acceptors (Lipinski definition) is 4. The molecule has 1 saturated carbocycles. The fraction of sp³-hybridized carbons (Fsp3) is 0.824. The number of amides is 1. The molecule has 1 amide bonds. The van der Waals surface area contributed by atoms with Crippen LogP contribution in [0.1, 0.15) is 57.8 Å². The molecule has 1 aromatic heterocycles. The van der Waals surface area contributed by atoms with Gasteiger partial charge in [0.15, 0.2) is 0 Å². The molecule has 6 nitrogen and oxygen atoms in total. The van der Waals surface area contributed by atoms with Crippen LogP contribution in [0.5, 0.6) is 0 Å². The third-order valence-electron chi connectivity index (χ3n) is 5.37. The van der Waals surface area contributed by atoms with Gasteiger partial charge in [-0.25, -0.2) is 4.98 Å². The smallest absolute Gasteiger partial charge is 0.225 e. The van der Waals surface area contributed by atoms with Crippen molar-refractivity contribution in [2.24, 2.45) is 18.9 Å². The molecule has 6 heteroatoms. The highest BCUT2D eigenvalue weighted by atomic mass is 16.2. The number of nitrogens with one attached hydrogen (secondary N) is 1. The Balaban J connectivity index is 1.54. The topological polar surface area (TPSA) is 63.1 Å². The number of hydrogen-bond donors (Lipinski definition) is 1. The Labute approximate surface area is 138 Å². The van der Waals surface area contributed by atoms with Crippen LogP contribution in [0.25, 0.3) is 0 Å². The highest BCUT2D eigenvalue weighted by molar-refractivity contribution is 5.79. The number of aromatic nitrogens is 3. The van der Waals surface area contributed by atoms with Crippen molar-refractivity contribution >= 4 is 5.91 Å². The van der Waals surface area contributed by atoms with Crippen molar-refractivity contribution in [3.63, 3.8) is 0 Å². The van der Waals surface area contributed by atoms with E-state index in [4.69, 9.17) is 0 Å². The first-order valence-electron chi connectivity index (χ1n) is 8.95. The lowest BCUT2D eigenvalue weighted by Crippen LogP contribution is -2.49. The lowest BCUT2D eigenvalue weighted by Gasteiger charge is -2.38. The second-order valence-corrected chi connectivity index (χ2v) is 7.36. The normalized spacial score (nSPS) is 21.5. The molecule has 1 aliphatic heterocycles. The highest BCUT2D eigenvalue weighted by Gasteiger charge is 2.32. The maximum Gasteiger partial charge on any atom is 0.225 e. The first-order chi connectivity index (χ1) is 11.1. The van der Waals surface area contributed by atoms with Gasteiger partial charge in [-0.15, -0.1) is 0 Å². The van der Waals surface area contributed by atoms with E-state index in [-0.39, 0.29) is 6.04 Å². The Kier molecular flexibility index (Phi) is 4.99. The number of likely N-dealkylation sites (tertiary alicyclic amines) is 1. The Morgan fingerprint density at radius 3 is 2.43 bits per heavy atom. The standard InChI is InChI=1S/C17H29N5O/c1-12(2)15(16-18-11-19-21(16)3)20-14-7-9-22(10-8-14)17(23)13-5-4-6-13/h11-15,20H,4-10H2,1-3H3. The molecule has 1 aromatic rings. The van der Waals surface area contributed by atoms with Gasteiger partial charge in [0.05, 0.1) is 6.04 Å². The van der Waals surface area contributed by atoms with E-state index in [1.807, 2.05) is 11.7 Å². The summed E-state index contributed by atoms with van der Waals surface area (Å²) in [4.78, 5) is 18.8. The quantitative estimate of drug-likeness (QED) is 0.900. The van der Waals surface area contributed by atoms with Gasteiger partial charge >= 0.3 is 0 Å². The molecule has 1 saturated heterocycles. The summed E-state index contributed by atoms with van der Waals surface area (Å²) >= 11 is 0. The summed E-state index contributed by atoms with van der Waals surface area (Å²) in [5.41, 5.74) is 0. The number of nitrogens with zero attached hydrogens (tertiary/aromatic N) is 4. The van der Waals surface area contributed by atoms with Crippen molar-refractivity contribution < 1.29 is 4.79 Å². The van der Waals surface area contributed by atoms with E-state index in [1.165, 1.54) is 6.42 Å². The SMILES string of the molecule is CC(C)C(NC1CCN(C(=O)C2CCC2)CC1)c1ncnn1C. The van der Waals surface area contributed by atoms with Crippen LogP contribution in [0.2, 0.25) is 0 Å². The van der Waals surface area contributed by atoms with Gasteiger partial charge in [0.2, 0.25) is 5.91 Å². The fourth-order valence-corrected chi connectivity index (χ4v) is 3.59. The molecule has 23 heavy (non-hydrogen) atoms. The summed E-state index contributed by atoms with van der Waals surface area (Å²) in [7, 11) is 1.94. The Bertz CT molecular complexity index is 529. The van der Waals surface area contributed by atoms with Gasteiger partial charge < -0.3 is 10.2 Å². The molecule has 3 rings (SSSR count). The zero-order chi connectivity index (χ0) is 16.4. The molecule has 1 atom stereocenters. The lowest BCUT2D eigenvalue weighted by atomic mass is 9.84. The van der Waals surface area contributed by atoms with Crippen LogP contribution in [0.4, 0.5) is 0 Å². The van der Waals surface area contributed by atoms with Crippen molar-refractivity contribution in [1.29, 1.82) is 0 Å². The lowest BCUT2D eigenvalue weighted by molar-refractivity contribution is -0.139. The summed E-state index contributed by atoms with van der Waals surface area (Å²) < 4.78 is 1.85. The predicted octanol–water partition coefficient (Wildman–Crippen LogP) is 1.89. The van der Waals surface area contributed by atoms with Crippen LogP contribution in [0.3, 0.4) is 0 Å². The van der Waals surface area contributed by atoms with Gasteiger partial charge in [0, 0.05) is 32.1 Å². The summed E-state index contributed by atoms with van der Waals surface area (Å²) in [5.74, 6) is 2.16. The molecular weight excluding hydrogens is 290 g/mol. The van der Waals surface area contributed by atoms with Crippen molar-refractivity contribution in [1.82, 2.24) is 25.0 Å². The van der Waals surface area contributed by atoms with E-state index in [0.29, 0.717) is 23.8 Å². The van der Waals surface area contributed by atoms with Gasteiger partial charge in [-0.3, -0.25) is 9.48 Å². The molecule has 1 aliphatic carbocycles. The second-order valence-electron chi connectivity index (χ2n) is 7.36. The highest BCUT2D eigenvalue weighted by Crippen LogP contribution is 2.29. The number of carbonyl (C=O) groups excluding carboxylic acids is 1. The fourth-order valence-electron chi connectivity index (χ4n) is 3.59. The van der Waals surface area contributed by atoms with Crippen molar-refractivity contribution in [2.45, 2.75) is 58.0 Å². The second kappa shape index (κ2) is 6.99. The Hall–Kier alpha value is -1.43. The number of rotatable bonds is 5. The number of aryl methyl sites for hydroxylation is 1. The third-order valence-corrected chi connectivity index (χ3v) is 5.37. The van der Waals surface area contributed by atoms with E-state index in [1.54, 1.807) is 6.33 Å². The average Bonchev–Trinajstić information content (AvgIpc) is 2.89. The molecule has 0 aromatic carbocycles. The summed E-state index contributed by atoms with van der Waals surface area (Å²) in [6.07, 6.45) is 7.09. The summed E-state index contributed by atoms with van der Waals surface area (Å²) in [6.45, 7) is 6.19. The van der Waals surface area contributed by atoms with E-state index in [2.05, 4.69) is 34.1 Å². The minimum Gasteiger partial charge on any atom is -0.342 e. The van der Waals surface area contributed by atoms with Gasteiger partial charge in [0.1, 0.15) is 12.2 Å². The van der Waals surface area contributed by atoms with Crippen LogP contribution in [-0.4, -0.2) is 44.7 Å². The Morgan fingerprint density at radius 2 is 1.96 bits per heavy atom. The largest absolute Gasteiger partial charge is 0.342 e. The van der Waals surface area contributed by atoms with Gasteiger partial charge in [0.25, 0.3) is 0 Å². The van der Waals surface area contributed by atoms with E-state index < -0.39 is 0 Å². The maximum absolute atomic E-state index is 12.3. The maximum atomic E-state index is 12.3. The van der Waals surface area contributed by atoms with Crippen LogP contribution in [-0.2, 0) is 11.8 Å². The molecule has 1 unspecified atom stereocenters. The first kappa shape index (κ1) is 16.4. The van der Waals surface area contributed by atoms with Gasteiger partial charge in [-0.2, -0.15) is 5.10 Å². The summed E-state index contributed by atoms with van der Waals surface area (Å²) in [5, 5.41) is 7.95. The van der Waals surface area contributed by atoms with Crippen LogP contribution >= 0.6 is 0 Å². The average molecular weight is 319 g/mol. The third kappa shape index (κ3) is 3.57. The molecule has 0 radical (unpaired) electrons. The van der Waals surface area contributed by atoms with E-state index >= 15 is 0 Å². The van der Waals surface area contributed by atoms with Crippen molar-refractivity contribution in [3.05, 3.63) is 12.2 Å². The van der Waals surface area contributed by atoms with Crippen LogP contribution < -0.4 is 5.32 Å². The molecule has 2 aliphatic rings. The van der Waals surface area contributed by atoms with Crippen LogP contribution in [0.15, 0.2) is 6.33 Å². The van der Waals surface area contributed by atoms with Gasteiger partial charge in [-0.05, 0) is 31.6 Å². The number of piperidine rings is 1. The summed E-state index contributed by atoms with van der Waals surface area (Å²) in [6, 6.07) is 0.658. The molecule has 128 valence electrons. The van der Waals surface area contributed by atoms with E-state index in [9.17, 15) is 4.79 Å². The molecular formula is C17H29N5O. The first-order valence-corrected chi connectivity index (χ1v) is 8.95. The predicted molar refractivity (Wildman–Crippen MR) is 88.7 cm³/mol. The molecule has 1 N–H and O–H groups in total. The van der Waals surface area contributed by atoms with Crippen LogP contribution in [0, 0.1) is 11.8 Å². The molecule has 2 heterocycles. The van der Waals surface area contributed by atoms with Crippen molar-refractivity contribution in [2.75, 3.05) is 13.1 Å². The zero-order valence-corrected chi connectivity index (χ0v) is 14.5. The zero-order valence-electron chi connectivity index (χ0n) is 14.5. The molecule has 0 bridgehead atoms. The molecule has 0 spiro atoms. The Morgan fingerprint density at radius 1 is 1.26 bits per heavy atom. The van der Waals surface area contributed by atoms with E-state index in [0.717, 1.165) is 44.6 Å².